The van der Waals surface area contributed by atoms with Crippen LogP contribution in [-0.2, 0) is 7.05 Å². The van der Waals surface area contributed by atoms with Gasteiger partial charge in [-0.05, 0) is 24.3 Å². The maximum atomic E-state index is 12.7. The summed E-state index contributed by atoms with van der Waals surface area (Å²) in [7, 11) is 1.79. The minimum Gasteiger partial charge on any atom is -0.312 e. The van der Waals surface area contributed by atoms with Crippen LogP contribution in [0.15, 0.2) is 58.4 Å². The molecule has 1 aromatic carbocycles. The van der Waals surface area contributed by atoms with Crippen LogP contribution in [0.3, 0.4) is 0 Å². The summed E-state index contributed by atoms with van der Waals surface area (Å²) < 4.78 is 3.68. The van der Waals surface area contributed by atoms with Gasteiger partial charge >= 0.3 is 4.87 Å². The Balaban J connectivity index is 2.22. The van der Waals surface area contributed by atoms with Crippen LogP contribution in [0.4, 0.5) is 5.69 Å². The van der Waals surface area contributed by atoms with Gasteiger partial charge in [-0.1, -0.05) is 29.5 Å². The van der Waals surface area contributed by atoms with Gasteiger partial charge in [0.15, 0.2) is 5.65 Å². The van der Waals surface area contributed by atoms with Crippen LogP contribution >= 0.6 is 11.3 Å². The fourth-order valence-electron chi connectivity index (χ4n) is 2.72. The molecule has 6 nitrogen and oxygen atoms in total. The highest BCUT2D eigenvalue weighted by atomic mass is 32.1. The minimum absolute atomic E-state index is 0.197. The largest absolute Gasteiger partial charge is 0.315 e. The number of fused-ring (bicyclic) bond motifs is 3. The van der Waals surface area contributed by atoms with Gasteiger partial charge in [-0.15, -0.1) is 0 Å². The van der Waals surface area contributed by atoms with E-state index < -0.39 is 0 Å². The number of imidazole rings is 1. The van der Waals surface area contributed by atoms with Crippen molar-refractivity contribution in [2.45, 2.75) is 0 Å². The molecule has 3 heterocycles. The molecule has 0 bridgehead atoms. The lowest BCUT2D eigenvalue weighted by atomic mass is 10.3. The molecule has 0 spiro atoms. The van der Waals surface area contributed by atoms with Crippen molar-refractivity contribution in [2.75, 3.05) is 0 Å². The molecular formula is C17H11N5OS. The van der Waals surface area contributed by atoms with Crippen molar-refractivity contribution in [3.05, 3.63) is 68.6 Å². The molecule has 0 amide bonds. The lowest BCUT2D eigenvalue weighted by Gasteiger charge is -2.00. The highest BCUT2D eigenvalue weighted by Crippen LogP contribution is 2.18. The number of nitriles is 1. The Morgan fingerprint density at radius 2 is 2.00 bits per heavy atom. The van der Waals surface area contributed by atoms with Crippen LogP contribution in [0.25, 0.3) is 16.8 Å². The molecule has 0 aliphatic carbocycles. The predicted molar refractivity (Wildman–Crippen MR) is 92.2 cm³/mol. The Kier molecular flexibility index (Phi) is 3.25. The molecule has 116 valence electrons. The number of rotatable bonds is 1. The van der Waals surface area contributed by atoms with E-state index in [4.69, 9.17) is 0 Å². The topological polar surface area (TPSA) is 75.4 Å². The van der Waals surface area contributed by atoms with Crippen LogP contribution in [0.5, 0.6) is 0 Å². The standard InChI is InChI=1S/C17H11N5OS/c1-21-14-13(8-5-9-19-14)22-16(21)12(10-18)15(24-17(22)23)20-11-6-3-2-4-7-11/h2-9H,1H3. The first kappa shape index (κ1) is 14.4. The number of hydrogen-bond acceptors (Lipinski definition) is 5. The molecule has 7 heteroatoms. The summed E-state index contributed by atoms with van der Waals surface area (Å²) in [5.74, 6) is 0. The van der Waals surface area contributed by atoms with E-state index in [1.54, 1.807) is 23.9 Å². The van der Waals surface area contributed by atoms with E-state index in [0.29, 0.717) is 32.7 Å². The Morgan fingerprint density at radius 3 is 2.75 bits per heavy atom. The SMILES string of the molecule is Cn1c2ncccc2n2c(=O)sc(=Nc3ccccc3)c(C#N)c12. The lowest BCUT2D eigenvalue weighted by molar-refractivity contribution is 0.962. The Bertz CT molecular complexity index is 1240. The molecule has 0 atom stereocenters. The van der Waals surface area contributed by atoms with Crippen LogP contribution < -0.4 is 9.54 Å². The van der Waals surface area contributed by atoms with Crippen LogP contribution in [0.1, 0.15) is 5.56 Å². The van der Waals surface area contributed by atoms with Crippen LogP contribution in [-0.4, -0.2) is 14.0 Å². The third kappa shape index (κ3) is 2.05. The number of hydrogen-bond donors (Lipinski definition) is 0. The summed E-state index contributed by atoms with van der Waals surface area (Å²) in [6.07, 6.45) is 1.66. The molecule has 0 saturated carbocycles. The van der Waals surface area contributed by atoms with E-state index in [1.807, 2.05) is 36.4 Å². The molecule has 4 rings (SSSR count). The van der Waals surface area contributed by atoms with Gasteiger partial charge in [-0.2, -0.15) is 5.26 Å². The molecule has 0 unspecified atom stereocenters. The number of nitrogens with zero attached hydrogens (tertiary/aromatic N) is 5. The average Bonchev–Trinajstić information content (AvgIpc) is 2.90. The zero-order valence-corrected chi connectivity index (χ0v) is 13.5. The van der Waals surface area contributed by atoms with E-state index in [-0.39, 0.29) is 4.87 Å². The zero-order valence-electron chi connectivity index (χ0n) is 12.7. The Morgan fingerprint density at radius 1 is 1.21 bits per heavy atom. The summed E-state index contributed by atoms with van der Waals surface area (Å²) in [5.41, 5.74) is 2.90. The predicted octanol–water partition coefficient (Wildman–Crippen LogP) is 2.35. The van der Waals surface area contributed by atoms with E-state index in [1.165, 1.54) is 4.40 Å². The molecule has 24 heavy (non-hydrogen) atoms. The van der Waals surface area contributed by atoms with Crippen LogP contribution in [0.2, 0.25) is 0 Å². The van der Waals surface area contributed by atoms with Crippen molar-refractivity contribution in [3.63, 3.8) is 0 Å². The van der Waals surface area contributed by atoms with E-state index in [2.05, 4.69) is 16.0 Å². The number of aryl methyl sites for hydroxylation is 1. The Hall–Kier alpha value is -3.24. The zero-order chi connectivity index (χ0) is 16.7. The molecule has 3 aromatic heterocycles. The maximum Gasteiger partial charge on any atom is 0.315 e. The summed E-state index contributed by atoms with van der Waals surface area (Å²) in [6, 6.07) is 15.1. The van der Waals surface area contributed by atoms with Crippen molar-refractivity contribution >= 4 is 33.8 Å². The quantitative estimate of drug-likeness (QED) is 0.536. The highest BCUT2D eigenvalue weighted by Gasteiger charge is 2.16. The summed E-state index contributed by atoms with van der Waals surface area (Å²) >= 11 is 0.958. The fraction of sp³-hybridized carbons (Fsp3) is 0.0588. The number of para-hydroxylation sites is 1. The first-order valence-corrected chi connectivity index (χ1v) is 8.01. The van der Waals surface area contributed by atoms with Gasteiger partial charge in [0.2, 0.25) is 0 Å². The first-order valence-electron chi connectivity index (χ1n) is 7.20. The molecule has 0 saturated heterocycles. The molecular weight excluding hydrogens is 322 g/mol. The molecule has 0 N–H and O–H groups in total. The fourth-order valence-corrected chi connectivity index (χ4v) is 3.55. The highest BCUT2D eigenvalue weighted by molar-refractivity contribution is 7.06. The second-order valence-corrected chi connectivity index (χ2v) is 6.11. The normalized spacial score (nSPS) is 11.9. The van der Waals surface area contributed by atoms with Gasteiger partial charge in [0.1, 0.15) is 22.0 Å². The van der Waals surface area contributed by atoms with Crippen molar-refractivity contribution in [1.29, 1.82) is 5.26 Å². The lowest BCUT2D eigenvalue weighted by Crippen LogP contribution is -2.19. The van der Waals surface area contributed by atoms with E-state index >= 15 is 0 Å². The van der Waals surface area contributed by atoms with Crippen molar-refractivity contribution in [3.8, 4) is 6.07 Å². The second kappa shape index (κ2) is 5.44. The third-order valence-corrected chi connectivity index (χ3v) is 4.60. The Labute approximate surface area is 140 Å². The van der Waals surface area contributed by atoms with Gasteiger partial charge < -0.3 is 4.57 Å². The first-order chi connectivity index (χ1) is 11.7. The maximum absolute atomic E-state index is 12.7. The number of benzene rings is 1. The summed E-state index contributed by atoms with van der Waals surface area (Å²) in [6.45, 7) is 0. The van der Waals surface area contributed by atoms with E-state index in [9.17, 15) is 10.1 Å². The second-order valence-electron chi connectivity index (χ2n) is 5.17. The van der Waals surface area contributed by atoms with E-state index in [0.717, 1.165) is 11.3 Å². The van der Waals surface area contributed by atoms with Crippen molar-refractivity contribution in [1.82, 2.24) is 14.0 Å². The van der Waals surface area contributed by atoms with Gasteiger partial charge in [-0.25, -0.2) is 14.4 Å². The molecule has 0 aliphatic rings. The average molecular weight is 333 g/mol. The minimum atomic E-state index is -0.197. The monoisotopic (exact) mass is 333 g/mol. The molecule has 4 aromatic rings. The third-order valence-electron chi connectivity index (χ3n) is 3.76. The molecule has 0 aliphatic heterocycles. The summed E-state index contributed by atoms with van der Waals surface area (Å²) in [5, 5.41) is 9.68. The van der Waals surface area contributed by atoms with Crippen molar-refractivity contribution < 1.29 is 0 Å². The molecule has 0 radical (unpaired) electrons. The van der Waals surface area contributed by atoms with Crippen LogP contribution in [0, 0.1) is 11.3 Å². The van der Waals surface area contributed by atoms with Gasteiger partial charge in [0.05, 0.1) is 11.2 Å². The van der Waals surface area contributed by atoms with Gasteiger partial charge in [0, 0.05) is 13.2 Å². The summed E-state index contributed by atoms with van der Waals surface area (Å²) in [4.78, 5) is 21.3. The van der Waals surface area contributed by atoms with Gasteiger partial charge in [-0.3, -0.25) is 4.79 Å². The van der Waals surface area contributed by atoms with Gasteiger partial charge in [0.25, 0.3) is 0 Å². The molecule has 0 fully saturated rings. The number of pyridine rings is 1. The smallest absolute Gasteiger partial charge is 0.312 e. The van der Waals surface area contributed by atoms with Crippen molar-refractivity contribution in [2.24, 2.45) is 12.0 Å². The number of aromatic nitrogens is 3.